The first-order chi connectivity index (χ1) is 12.6. The highest BCUT2D eigenvalue weighted by Crippen LogP contribution is 2.45. The van der Waals surface area contributed by atoms with E-state index >= 15 is 0 Å². The molecule has 5 heteroatoms. The molecule has 3 atom stereocenters. The highest BCUT2D eigenvalue weighted by atomic mass is 32.2. The van der Waals surface area contributed by atoms with Gasteiger partial charge in [0.2, 0.25) is 10.0 Å². The lowest BCUT2D eigenvalue weighted by Crippen LogP contribution is -2.73. The normalized spacial score (nSPS) is 26.0. The summed E-state index contributed by atoms with van der Waals surface area (Å²) in [4.78, 5) is 0. The zero-order chi connectivity index (χ0) is 18.1. The van der Waals surface area contributed by atoms with Gasteiger partial charge in [-0.05, 0) is 23.6 Å². The van der Waals surface area contributed by atoms with Crippen LogP contribution in [0.3, 0.4) is 0 Å². The van der Waals surface area contributed by atoms with Gasteiger partial charge in [0, 0.05) is 31.1 Å². The summed E-state index contributed by atoms with van der Waals surface area (Å²) in [7, 11) is -3.31. The number of piperazine rings is 1. The van der Waals surface area contributed by atoms with Crippen molar-refractivity contribution >= 4 is 16.1 Å². The maximum absolute atomic E-state index is 13.0. The van der Waals surface area contributed by atoms with Gasteiger partial charge >= 0.3 is 0 Å². The van der Waals surface area contributed by atoms with E-state index in [1.807, 2.05) is 43.3 Å². The van der Waals surface area contributed by atoms with Gasteiger partial charge < -0.3 is 5.32 Å². The Morgan fingerprint density at radius 3 is 2.31 bits per heavy atom. The van der Waals surface area contributed by atoms with E-state index in [4.69, 9.17) is 0 Å². The Hall–Kier alpha value is -1.95. The second-order valence-electron chi connectivity index (χ2n) is 7.06. The molecule has 2 aromatic carbocycles. The molecule has 1 unspecified atom stereocenters. The monoisotopic (exact) mass is 368 g/mol. The smallest absolute Gasteiger partial charge is 0.218 e. The fourth-order valence-corrected chi connectivity index (χ4v) is 6.27. The zero-order valence-corrected chi connectivity index (χ0v) is 15.7. The molecule has 2 aromatic rings. The van der Waals surface area contributed by atoms with Gasteiger partial charge in [-0.2, -0.15) is 4.31 Å². The van der Waals surface area contributed by atoms with Crippen molar-refractivity contribution in [3.63, 3.8) is 0 Å². The Bertz CT molecular complexity index is 879. The van der Waals surface area contributed by atoms with E-state index in [2.05, 4.69) is 35.7 Å². The lowest BCUT2D eigenvalue weighted by atomic mass is 9.75. The van der Waals surface area contributed by atoms with E-state index in [0.717, 1.165) is 5.56 Å². The van der Waals surface area contributed by atoms with Crippen LogP contribution in [0.25, 0.3) is 6.08 Å². The van der Waals surface area contributed by atoms with Crippen LogP contribution in [-0.2, 0) is 15.8 Å². The number of nitrogens with one attached hydrogen (secondary N) is 1. The first-order valence-corrected chi connectivity index (χ1v) is 10.7. The predicted octanol–water partition coefficient (Wildman–Crippen LogP) is 2.99. The molecule has 2 heterocycles. The first-order valence-electron chi connectivity index (χ1n) is 9.08. The van der Waals surface area contributed by atoms with Crippen LogP contribution in [0.1, 0.15) is 29.5 Å². The molecule has 4 rings (SSSR count). The zero-order valence-electron chi connectivity index (χ0n) is 14.9. The predicted molar refractivity (Wildman–Crippen MR) is 105 cm³/mol. The number of sulfonamides is 1. The van der Waals surface area contributed by atoms with Crippen molar-refractivity contribution in [1.82, 2.24) is 9.62 Å². The Morgan fingerprint density at radius 2 is 1.69 bits per heavy atom. The summed E-state index contributed by atoms with van der Waals surface area (Å²) >= 11 is 0. The molecule has 0 aliphatic carbocycles. The summed E-state index contributed by atoms with van der Waals surface area (Å²) in [6.07, 6.45) is 4.10. The maximum Gasteiger partial charge on any atom is 0.218 e. The molecule has 2 fully saturated rings. The molecular formula is C21H24N2O2S. The van der Waals surface area contributed by atoms with Gasteiger partial charge in [-0.3, -0.25) is 0 Å². The Morgan fingerprint density at radius 1 is 1.04 bits per heavy atom. The van der Waals surface area contributed by atoms with Gasteiger partial charge in [-0.1, -0.05) is 66.7 Å². The minimum atomic E-state index is -3.31. The minimum Gasteiger partial charge on any atom is -0.313 e. The van der Waals surface area contributed by atoms with Gasteiger partial charge in [0.15, 0.2) is 0 Å². The van der Waals surface area contributed by atoms with E-state index in [9.17, 15) is 8.42 Å². The summed E-state index contributed by atoms with van der Waals surface area (Å²) in [5, 5.41) is 3.36. The summed E-state index contributed by atoms with van der Waals surface area (Å²) in [6.45, 7) is 3.43. The highest BCUT2D eigenvalue weighted by Gasteiger charge is 2.56. The van der Waals surface area contributed by atoms with Gasteiger partial charge in [-0.25, -0.2) is 8.42 Å². The number of piperidine rings is 1. The van der Waals surface area contributed by atoms with Crippen molar-refractivity contribution in [2.24, 2.45) is 0 Å². The summed E-state index contributed by atoms with van der Waals surface area (Å²) < 4.78 is 27.8. The summed E-state index contributed by atoms with van der Waals surface area (Å²) in [6, 6.07) is 18.0. The average Bonchev–Trinajstić information content (AvgIpc) is 2.64. The van der Waals surface area contributed by atoms with E-state index in [1.165, 1.54) is 11.1 Å². The van der Waals surface area contributed by atoms with E-state index in [0.29, 0.717) is 13.1 Å². The molecule has 1 N–H and O–H groups in total. The van der Waals surface area contributed by atoms with Gasteiger partial charge in [0.1, 0.15) is 0 Å². The van der Waals surface area contributed by atoms with E-state index < -0.39 is 10.0 Å². The number of hydrogen-bond donors (Lipinski definition) is 1. The van der Waals surface area contributed by atoms with Crippen LogP contribution in [-0.4, -0.2) is 37.9 Å². The molecule has 4 nitrogen and oxygen atoms in total. The lowest BCUT2D eigenvalue weighted by molar-refractivity contribution is 0.0369. The fraction of sp³-hybridized carbons (Fsp3) is 0.333. The van der Waals surface area contributed by atoms with Crippen LogP contribution in [0, 0.1) is 0 Å². The molecule has 2 aliphatic rings. The number of allylic oxidation sites excluding steroid dienone is 1. The second-order valence-corrected chi connectivity index (χ2v) is 8.93. The van der Waals surface area contributed by atoms with Crippen molar-refractivity contribution in [3.8, 4) is 0 Å². The summed E-state index contributed by atoms with van der Waals surface area (Å²) in [5.74, 6) is 0.356. The molecule has 2 saturated heterocycles. The molecule has 136 valence electrons. The molecule has 0 spiro atoms. The number of hydrogen-bond acceptors (Lipinski definition) is 3. The van der Waals surface area contributed by atoms with Crippen molar-refractivity contribution in [2.75, 3.05) is 13.1 Å². The standard InChI is InChI=1S/C21H24N2O2S/c1-2-6-16-9-11-18(12-10-16)21-19-13-22-14-20(21)23(19)26(24,25)15-17-7-4-3-5-8-17/h2-12,19-22H,13-15H2,1H3/b6-2+/t19-,20+,21?. The minimum absolute atomic E-state index is 0.00929. The molecule has 26 heavy (non-hydrogen) atoms. The van der Waals surface area contributed by atoms with Crippen molar-refractivity contribution in [2.45, 2.75) is 30.7 Å². The topological polar surface area (TPSA) is 49.4 Å². The van der Waals surface area contributed by atoms with Crippen LogP contribution in [0.15, 0.2) is 60.7 Å². The molecule has 2 bridgehead atoms. The van der Waals surface area contributed by atoms with E-state index in [1.54, 1.807) is 4.31 Å². The Balaban J connectivity index is 1.55. The van der Waals surface area contributed by atoms with Crippen LogP contribution < -0.4 is 5.32 Å². The highest BCUT2D eigenvalue weighted by molar-refractivity contribution is 7.88. The summed E-state index contributed by atoms with van der Waals surface area (Å²) in [5.41, 5.74) is 3.26. The van der Waals surface area contributed by atoms with Crippen LogP contribution >= 0.6 is 0 Å². The third kappa shape index (κ3) is 3.11. The molecular weight excluding hydrogens is 344 g/mol. The number of rotatable bonds is 5. The average molecular weight is 369 g/mol. The first kappa shape index (κ1) is 17.5. The van der Waals surface area contributed by atoms with Crippen LogP contribution in [0.2, 0.25) is 0 Å². The molecule has 0 aromatic heterocycles. The maximum atomic E-state index is 13.0. The Kier molecular flexibility index (Phi) is 4.69. The van der Waals surface area contributed by atoms with E-state index in [-0.39, 0.29) is 23.8 Å². The van der Waals surface area contributed by atoms with Crippen molar-refractivity contribution < 1.29 is 8.42 Å². The Labute approximate surface area is 155 Å². The third-order valence-corrected chi connectivity index (χ3v) is 7.27. The van der Waals surface area contributed by atoms with Crippen molar-refractivity contribution in [1.29, 1.82) is 0 Å². The van der Waals surface area contributed by atoms with Crippen LogP contribution in [0.4, 0.5) is 0 Å². The third-order valence-electron chi connectivity index (χ3n) is 5.38. The number of benzene rings is 2. The second kappa shape index (κ2) is 6.99. The van der Waals surface area contributed by atoms with Crippen LogP contribution in [0.5, 0.6) is 0 Å². The molecule has 2 aliphatic heterocycles. The van der Waals surface area contributed by atoms with Gasteiger partial charge in [0.25, 0.3) is 0 Å². The largest absolute Gasteiger partial charge is 0.313 e. The number of nitrogens with zero attached hydrogens (tertiary/aromatic N) is 1. The fourth-order valence-electron chi connectivity index (χ4n) is 4.27. The SMILES string of the molecule is C/C=C/c1ccc(C2[C@H]3CNC[C@@H]2N3S(=O)(=O)Cc2ccccc2)cc1. The van der Waals surface area contributed by atoms with Gasteiger partial charge in [0.05, 0.1) is 5.75 Å². The molecule has 0 amide bonds. The van der Waals surface area contributed by atoms with Crippen molar-refractivity contribution in [3.05, 3.63) is 77.4 Å². The molecule has 0 radical (unpaired) electrons. The molecule has 0 saturated carbocycles. The van der Waals surface area contributed by atoms with Gasteiger partial charge in [-0.15, -0.1) is 0 Å². The number of fused-ring (bicyclic) bond motifs is 2. The lowest BCUT2D eigenvalue weighted by Gasteiger charge is -2.58. The quantitative estimate of drug-likeness (QED) is 0.883.